The summed E-state index contributed by atoms with van der Waals surface area (Å²) in [7, 11) is 0. The number of nitrogens with zero attached hydrogens (tertiary/aromatic N) is 2. The number of aryl methyl sites for hydroxylation is 2. The van der Waals surface area contributed by atoms with Crippen molar-refractivity contribution in [1.29, 1.82) is 0 Å². The van der Waals surface area contributed by atoms with Gasteiger partial charge in [0.25, 0.3) is 0 Å². The smallest absolute Gasteiger partial charge is 0.338 e. The van der Waals surface area contributed by atoms with Crippen LogP contribution in [0.5, 0.6) is 0 Å². The predicted molar refractivity (Wildman–Crippen MR) is 70.2 cm³/mol. The van der Waals surface area contributed by atoms with E-state index in [-0.39, 0.29) is 11.7 Å². The molecule has 0 unspecified atom stereocenters. The van der Waals surface area contributed by atoms with Crippen LogP contribution in [0.4, 0.5) is 5.88 Å². The Kier molecular flexibility index (Phi) is 4.00. The minimum Gasteiger partial charge on any atom is -0.338 e. The summed E-state index contributed by atoms with van der Waals surface area (Å²) in [4.78, 5) is 28.9. The number of anilines is 1. The third-order valence-corrected chi connectivity index (χ3v) is 3.31. The molecular weight excluding hydrogens is 268 g/mol. The molecule has 0 radical (unpaired) electrons. The molecule has 2 heterocycles. The Bertz CT molecular complexity index is 649. The molecule has 0 aromatic carbocycles. The summed E-state index contributed by atoms with van der Waals surface area (Å²) < 4.78 is 4.87. The van der Waals surface area contributed by atoms with Crippen molar-refractivity contribution < 1.29 is 9.32 Å². The largest absolute Gasteiger partial charge is 0.345 e. The molecule has 19 heavy (non-hydrogen) atoms. The fraction of sp³-hybridized carbons (Fsp3) is 0.273. The van der Waals surface area contributed by atoms with Gasteiger partial charge in [-0.05, 0) is 19.4 Å². The van der Waals surface area contributed by atoms with Crippen molar-refractivity contribution >= 4 is 23.6 Å². The number of aromatic amines is 1. The highest BCUT2D eigenvalue weighted by Gasteiger charge is 2.09. The number of carbonyl (C=O) groups is 1. The average Bonchev–Trinajstić information content (AvgIpc) is 2.76. The number of hydrogen-bond acceptors (Lipinski definition) is 6. The van der Waals surface area contributed by atoms with Crippen LogP contribution < -0.4 is 11.0 Å². The van der Waals surface area contributed by atoms with Crippen molar-refractivity contribution in [2.45, 2.75) is 18.9 Å². The predicted octanol–water partition coefficient (Wildman–Crippen LogP) is 1.11. The zero-order valence-corrected chi connectivity index (χ0v) is 11.2. The Balaban J connectivity index is 1.93. The van der Waals surface area contributed by atoms with Crippen LogP contribution in [0.1, 0.15) is 11.3 Å². The maximum absolute atomic E-state index is 11.7. The molecule has 7 nitrogen and oxygen atoms in total. The number of nitrogens with one attached hydrogen (secondary N) is 2. The van der Waals surface area contributed by atoms with Crippen molar-refractivity contribution in [3.8, 4) is 0 Å². The van der Waals surface area contributed by atoms with E-state index < -0.39 is 5.69 Å². The molecule has 2 rings (SSSR count). The summed E-state index contributed by atoms with van der Waals surface area (Å²) >= 11 is 1.23. The second-order valence-electron chi connectivity index (χ2n) is 3.87. The van der Waals surface area contributed by atoms with Gasteiger partial charge in [0.1, 0.15) is 0 Å². The van der Waals surface area contributed by atoms with Crippen molar-refractivity contribution in [2.75, 3.05) is 11.1 Å². The molecule has 0 fully saturated rings. The molecule has 0 aliphatic carbocycles. The minimum absolute atomic E-state index is 0.153. The lowest BCUT2D eigenvalue weighted by molar-refractivity contribution is -0.113. The van der Waals surface area contributed by atoms with E-state index in [9.17, 15) is 9.59 Å². The van der Waals surface area contributed by atoms with Crippen LogP contribution >= 0.6 is 11.8 Å². The number of amides is 1. The molecule has 1 amide bonds. The van der Waals surface area contributed by atoms with Crippen molar-refractivity contribution in [3.05, 3.63) is 34.0 Å². The second kappa shape index (κ2) is 5.70. The molecule has 2 aromatic heterocycles. The van der Waals surface area contributed by atoms with Crippen LogP contribution in [0.3, 0.4) is 0 Å². The van der Waals surface area contributed by atoms with Crippen LogP contribution in [0.15, 0.2) is 26.6 Å². The molecule has 0 aliphatic heterocycles. The maximum atomic E-state index is 11.7. The standard InChI is InChI=1S/C11H12N4O3S/c1-6-4-12-11(17)14-10(6)19-5-8(16)13-9-3-7(2)15-18-9/h3-4H,5H2,1-2H3,(H,13,16)(H,12,14,17). The van der Waals surface area contributed by atoms with Gasteiger partial charge >= 0.3 is 5.69 Å². The first-order chi connectivity index (χ1) is 9.04. The molecule has 0 bridgehead atoms. The van der Waals surface area contributed by atoms with E-state index in [2.05, 4.69) is 20.4 Å². The highest BCUT2D eigenvalue weighted by atomic mass is 32.2. The normalized spacial score (nSPS) is 10.4. The van der Waals surface area contributed by atoms with Crippen molar-refractivity contribution in [3.63, 3.8) is 0 Å². The van der Waals surface area contributed by atoms with E-state index in [1.807, 2.05) is 6.92 Å². The van der Waals surface area contributed by atoms with E-state index in [1.165, 1.54) is 18.0 Å². The molecular formula is C11H12N4O3S. The number of carbonyl (C=O) groups excluding carboxylic acids is 1. The zero-order valence-electron chi connectivity index (χ0n) is 10.4. The maximum Gasteiger partial charge on any atom is 0.345 e. The number of rotatable bonds is 4. The Labute approximate surface area is 112 Å². The van der Waals surface area contributed by atoms with Crippen LogP contribution in [-0.2, 0) is 4.79 Å². The molecule has 0 atom stereocenters. The Morgan fingerprint density at radius 3 is 3.00 bits per heavy atom. The van der Waals surface area contributed by atoms with Gasteiger partial charge in [0, 0.05) is 12.3 Å². The second-order valence-corrected chi connectivity index (χ2v) is 4.86. The quantitative estimate of drug-likeness (QED) is 0.642. The lowest BCUT2D eigenvalue weighted by Gasteiger charge is -2.03. The fourth-order valence-corrected chi connectivity index (χ4v) is 2.11. The molecule has 0 saturated carbocycles. The summed E-state index contributed by atoms with van der Waals surface area (Å²) in [5, 5.41) is 6.86. The van der Waals surface area contributed by atoms with E-state index in [4.69, 9.17) is 4.52 Å². The first kappa shape index (κ1) is 13.3. The molecule has 100 valence electrons. The molecule has 8 heteroatoms. The summed E-state index contributed by atoms with van der Waals surface area (Å²) in [6.07, 6.45) is 1.47. The summed E-state index contributed by atoms with van der Waals surface area (Å²) in [6, 6.07) is 1.63. The number of aromatic nitrogens is 3. The van der Waals surface area contributed by atoms with Gasteiger partial charge < -0.3 is 9.51 Å². The highest BCUT2D eigenvalue weighted by Crippen LogP contribution is 2.17. The Morgan fingerprint density at radius 1 is 1.53 bits per heavy atom. The number of thioether (sulfide) groups is 1. The van der Waals surface area contributed by atoms with Gasteiger partial charge in [-0.25, -0.2) is 9.78 Å². The van der Waals surface area contributed by atoms with Gasteiger partial charge in [0.15, 0.2) is 0 Å². The molecule has 0 saturated heterocycles. The van der Waals surface area contributed by atoms with Gasteiger partial charge in [-0.3, -0.25) is 10.1 Å². The molecule has 2 aromatic rings. The van der Waals surface area contributed by atoms with E-state index >= 15 is 0 Å². The number of H-pyrrole nitrogens is 1. The third-order valence-electron chi connectivity index (χ3n) is 2.19. The van der Waals surface area contributed by atoms with E-state index in [0.717, 1.165) is 5.56 Å². The fourth-order valence-electron chi connectivity index (χ4n) is 1.33. The Hall–Kier alpha value is -2.09. The van der Waals surface area contributed by atoms with E-state index in [1.54, 1.807) is 13.0 Å². The summed E-state index contributed by atoms with van der Waals surface area (Å²) in [5.74, 6) is 0.224. The van der Waals surface area contributed by atoms with Crippen LogP contribution in [0, 0.1) is 13.8 Å². The van der Waals surface area contributed by atoms with Crippen LogP contribution in [0.2, 0.25) is 0 Å². The van der Waals surface area contributed by atoms with Gasteiger partial charge in [-0.1, -0.05) is 16.9 Å². The molecule has 0 spiro atoms. The average molecular weight is 280 g/mol. The zero-order chi connectivity index (χ0) is 13.8. The lowest BCUT2D eigenvalue weighted by atomic mass is 10.4. The molecule has 0 aliphatic rings. The lowest BCUT2D eigenvalue weighted by Crippen LogP contribution is -2.15. The van der Waals surface area contributed by atoms with Crippen molar-refractivity contribution in [2.24, 2.45) is 0 Å². The van der Waals surface area contributed by atoms with Gasteiger partial charge in [0.2, 0.25) is 11.8 Å². The minimum atomic E-state index is -0.431. The first-order valence-electron chi connectivity index (χ1n) is 5.46. The van der Waals surface area contributed by atoms with Crippen LogP contribution in [-0.4, -0.2) is 26.8 Å². The third kappa shape index (κ3) is 3.68. The highest BCUT2D eigenvalue weighted by molar-refractivity contribution is 8.00. The van der Waals surface area contributed by atoms with Gasteiger partial charge in [-0.2, -0.15) is 0 Å². The number of hydrogen-bond donors (Lipinski definition) is 2. The van der Waals surface area contributed by atoms with E-state index in [0.29, 0.717) is 16.6 Å². The monoisotopic (exact) mass is 280 g/mol. The summed E-state index contributed by atoms with van der Waals surface area (Å²) in [6.45, 7) is 3.57. The van der Waals surface area contributed by atoms with Gasteiger partial charge in [-0.15, -0.1) is 0 Å². The van der Waals surface area contributed by atoms with Crippen LogP contribution in [0.25, 0.3) is 0 Å². The first-order valence-corrected chi connectivity index (χ1v) is 6.45. The topological polar surface area (TPSA) is 101 Å². The van der Waals surface area contributed by atoms with Crippen molar-refractivity contribution in [1.82, 2.24) is 15.1 Å². The Morgan fingerprint density at radius 2 is 2.32 bits per heavy atom. The molecule has 2 N–H and O–H groups in total. The van der Waals surface area contributed by atoms with Gasteiger partial charge in [0.05, 0.1) is 16.5 Å². The SMILES string of the molecule is Cc1cc(NC(=O)CSc2[nH]c(=O)ncc2C)on1. The summed E-state index contributed by atoms with van der Waals surface area (Å²) in [5.41, 5.74) is 1.07.